The van der Waals surface area contributed by atoms with E-state index in [0.717, 1.165) is 16.9 Å². The standard InChI is InChI=1S/C16H13BrFN3O/c17-10-5-6-12(18)11(9-10)16(22)19-8-7-15-20-13-3-1-2-4-14(13)21-15/h1-6,9H,7-8H2,(H,19,22)(H,20,21). The normalized spacial score (nSPS) is 10.8. The van der Waals surface area contributed by atoms with Gasteiger partial charge in [-0.05, 0) is 30.3 Å². The van der Waals surface area contributed by atoms with Crippen LogP contribution in [0.5, 0.6) is 0 Å². The molecule has 0 aliphatic carbocycles. The molecule has 1 amide bonds. The van der Waals surface area contributed by atoms with Crippen LogP contribution in [0.15, 0.2) is 46.9 Å². The van der Waals surface area contributed by atoms with Crippen LogP contribution in [-0.2, 0) is 6.42 Å². The van der Waals surface area contributed by atoms with Gasteiger partial charge in [-0.25, -0.2) is 9.37 Å². The van der Waals surface area contributed by atoms with Crippen molar-refractivity contribution in [2.75, 3.05) is 6.54 Å². The smallest absolute Gasteiger partial charge is 0.254 e. The molecule has 1 aromatic heterocycles. The number of nitrogens with one attached hydrogen (secondary N) is 2. The summed E-state index contributed by atoms with van der Waals surface area (Å²) in [6.45, 7) is 0.380. The van der Waals surface area contributed by atoms with Gasteiger partial charge in [-0.3, -0.25) is 4.79 Å². The molecule has 0 spiro atoms. The number of benzene rings is 2. The molecular weight excluding hydrogens is 349 g/mol. The number of para-hydroxylation sites is 2. The molecule has 3 aromatic rings. The number of fused-ring (bicyclic) bond motifs is 1. The van der Waals surface area contributed by atoms with Crippen molar-refractivity contribution >= 4 is 32.9 Å². The Labute approximate surface area is 134 Å². The minimum atomic E-state index is -0.538. The molecule has 1 heterocycles. The average Bonchev–Trinajstić information content (AvgIpc) is 2.92. The van der Waals surface area contributed by atoms with Crippen molar-refractivity contribution in [3.05, 3.63) is 64.1 Å². The number of halogens is 2. The largest absolute Gasteiger partial charge is 0.351 e. The lowest BCUT2D eigenvalue weighted by Gasteiger charge is -2.05. The molecule has 2 aromatic carbocycles. The van der Waals surface area contributed by atoms with Gasteiger partial charge in [0.25, 0.3) is 5.91 Å². The summed E-state index contributed by atoms with van der Waals surface area (Å²) in [6.07, 6.45) is 0.552. The Hall–Kier alpha value is -2.21. The van der Waals surface area contributed by atoms with E-state index in [4.69, 9.17) is 0 Å². The van der Waals surface area contributed by atoms with E-state index in [1.807, 2.05) is 24.3 Å². The van der Waals surface area contributed by atoms with E-state index >= 15 is 0 Å². The molecule has 6 heteroatoms. The lowest BCUT2D eigenvalue weighted by atomic mass is 10.2. The van der Waals surface area contributed by atoms with Gasteiger partial charge in [0.2, 0.25) is 0 Å². The second-order valence-corrected chi connectivity index (χ2v) is 5.75. The maximum absolute atomic E-state index is 13.6. The highest BCUT2D eigenvalue weighted by molar-refractivity contribution is 9.10. The van der Waals surface area contributed by atoms with Gasteiger partial charge in [0.05, 0.1) is 16.6 Å². The van der Waals surface area contributed by atoms with Crippen LogP contribution in [0.4, 0.5) is 4.39 Å². The van der Waals surface area contributed by atoms with E-state index in [-0.39, 0.29) is 5.56 Å². The average molecular weight is 362 g/mol. The highest BCUT2D eigenvalue weighted by atomic mass is 79.9. The summed E-state index contributed by atoms with van der Waals surface area (Å²) in [6, 6.07) is 12.0. The quantitative estimate of drug-likeness (QED) is 0.747. The van der Waals surface area contributed by atoms with E-state index in [9.17, 15) is 9.18 Å². The number of nitrogens with zero attached hydrogens (tertiary/aromatic N) is 1. The molecule has 0 saturated carbocycles. The van der Waals surface area contributed by atoms with Crippen LogP contribution in [-0.4, -0.2) is 22.4 Å². The minimum absolute atomic E-state index is 0.0268. The molecule has 0 atom stereocenters. The second-order valence-electron chi connectivity index (χ2n) is 4.83. The molecule has 0 saturated heterocycles. The van der Waals surface area contributed by atoms with E-state index in [2.05, 4.69) is 31.2 Å². The molecule has 0 radical (unpaired) electrons. The first-order chi connectivity index (χ1) is 10.6. The van der Waals surface area contributed by atoms with Gasteiger partial charge in [-0.1, -0.05) is 28.1 Å². The molecule has 0 aliphatic rings. The lowest BCUT2D eigenvalue weighted by molar-refractivity contribution is 0.0950. The number of imidazole rings is 1. The molecular formula is C16H13BrFN3O. The maximum atomic E-state index is 13.6. The highest BCUT2D eigenvalue weighted by Gasteiger charge is 2.12. The zero-order chi connectivity index (χ0) is 15.5. The van der Waals surface area contributed by atoms with Gasteiger partial charge in [0.15, 0.2) is 0 Å². The predicted molar refractivity (Wildman–Crippen MR) is 86.2 cm³/mol. The Balaban J connectivity index is 1.62. The van der Waals surface area contributed by atoms with Crippen LogP contribution in [0.25, 0.3) is 11.0 Å². The number of H-pyrrole nitrogens is 1. The summed E-state index contributed by atoms with van der Waals surface area (Å²) < 4.78 is 14.3. The number of carbonyl (C=O) groups is 1. The number of rotatable bonds is 4. The number of aromatic amines is 1. The third-order valence-corrected chi connectivity index (χ3v) is 3.75. The first-order valence-electron chi connectivity index (χ1n) is 6.80. The molecule has 2 N–H and O–H groups in total. The molecule has 4 nitrogen and oxygen atoms in total. The second kappa shape index (κ2) is 6.27. The zero-order valence-electron chi connectivity index (χ0n) is 11.6. The molecule has 112 valence electrons. The minimum Gasteiger partial charge on any atom is -0.351 e. The van der Waals surface area contributed by atoms with Crippen molar-refractivity contribution in [2.45, 2.75) is 6.42 Å². The predicted octanol–water partition coefficient (Wildman–Crippen LogP) is 3.44. The Bertz CT molecular complexity index is 798. The fraction of sp³-hybridized carbons (Fsp3) is 0.125. The Morgan fingerprint density at radius 2 is 2.09 bits per heavy atom. The third kappa shape index (κ3) is 3.17. The van der Waals surface area contributed by atoms with Crippen molar-refractivity contribution in [1.82, 2.24) is 15.3 Å². The molecule has 0 aliphatic heterocycles. The Morgan fingerprint density at radius 3 is 2.91 bits per heavy atom. The highest BCUT2D eigenvalue weighted by Crippen LogP contribution is 2.15. The maximum Gasteiger partial charge on any atom is 0.254 e. The van der Waals surface area contributed by atoms with Crippen LogP contribution in [0, 0.1) is 5.82 Å². The summed E-state index contributed by atoms with van der Waals surface area (Å²) in [5.41, 5.74) is 1.88. The van der Waals surface area contributed by atoms with Crippen molar-refractivity contribution in [3.8, 4) is 0 Å². The van der Waals surface area contributed by atoms with Crippen LogP contribution < -0.4 is 5.32 Å². The van der Waals surface area contributed by atoms with Gasteiger partial charge >= 0.3 is 0 Å². The van der Waals surface area contributed by atoms with Crippen LogP contribution in [0.1, 0.15) is 16.2 Å². The zero-order valence-corrected chi connectivity index (χ0v) is 13.2. The van der Waals surface area contributed by atoms with Crippen molar-refractivity contribution in [3.63, 3.8) is 0 Å². The van der Waals surface area contributed by atoms with Crippen molar-refractivity contribution in [1.29, 1.82) is 0 Å². The first kappa shape index (κ1) is 14.7. The van der Waals surface area contributed by atoms with Gasteiger partial charge in [0.1, 0.15) is 11.6 Å². The number of amides is 1. The molecule has 0 fully saturated rings. The lowest BCUT2D eigenvalue weighted by Crippen LogP contribution is -2.26. The SMILES string of the molecule is O=C(NCCc1nc2ccccc2[nH]1)c1cc(Br)ccc1F. The van der Waals surface area contributed by atoms with Gasteiger partial charge < -0.3 is 10.3 Å². The van der Waals surface area contributed by atoms with E-state index in [1.165, 1.54) is 12.1 Å². The molecule has 3 rings (SSSR count). The van der Waals surface area contributed by atoms with Gasteiger partial charge in [-0.2, -0.15) is 0 Å². The van der Waals surface area contributed by atoms with E-state index < -0.39 is 11.7 Å². The Kier molecular flexibility index (Phi) is 4.20. The van der Waals surface area contributed by atoms with Gasteiger partial charge in [-0.15, -0.1) is 0 Å². The van der Waals surface area contributed by atoms with Crippen LogP contribution in [0.2, 0.25) is 0 Å². The van der Waals surface area contributed by atoms with E-state index in [1.54, 1.807) is 6.07 Å². The Morgan fingerprint density at radius 1 is 1.27 bits per heavy atom. The van der Waals surface area contributed by atoms with Crippen LogP contribution >= 0.6 is 15.9 Å². The monoisotopic (exact) mass is 361 g/mol. The summed E-state index contributed by atoms with van der Waals surface area (Å²) in [4.78, 5) is 19.6. The van der Waals surface area contributed by atoms with Crippen molar-refractivity contribution in [2.24, 2.45) is 0 Å². The first-order valence-corrected chi connectivity index (χ1v) is 7.59. The van der Waals surface area contributed by atoms with E-state index in [0.29, 0.717) is 17.4 Å². The summed E-state index contributed by atoms with van der Waals surface area (Å²) in [7, 11) is 0. The third-order valence-electron chi connectivity index (χ3n) is 3.26. The van der Waals surface area contributed by atoms with Gasteiger partial charge in [0, 0.05) is 17.4 Å². The number of carbonyl (C=O) groups excluding carboxylic acids is 1. The van der Waals surface area contributed by atoms with Crippen molar-refractivity contribution < 1.29 is 9.18 Å². The fourth-order valence-corrected chi connectivity index (χ4v) is 2.55. The summed E-state index contributed by atoms with van der Waals surface area (Å²) in [5, 5.41) is 2.70. The van der Waals surface area contributed by atoms with Crippen LogP contribution in [0.3, 0.4) is 0 Å². The molecule has 0 bridgehead atoms. The molecule has 0 unspecified atom stereocenters. The number of aromatic nitrogens is 2. The number of hydrogen-bond acceptors (Lipinski definition) is 2. The molecule has 22 heavy (non-hydrogen) atoms. The summed E-state index contributed by atoms with van der Waals surface area (Å²) in [5.74, 6) is -0.185. The number of hydrogen-bond donors (Lipinski definition) is 2. The topological polar surface area (TPSA) is 57.8 Å². The fourth-order valence-electron chi connectivity index (χ4n) is 2.19. The summed E-state index contributed by atoms with van der Waals surface area (Å²) >= 11 is 3.23.